The van der Waals surface area contributed by atoms with Crippen LogP contribution in [0.25, 0.3) is 0 Å². The predicted octanol–water partition coefficient (Wildman–Crippen LogP) is 1.59. The van der Waals surface area contributed by atoms with Crippen LogP contribution in [0.1, 0.15) is 57.1 Å². The van der Waals surface area contributed by atoms with Crippen LogP contribution in [0.15, 0.2) is 78.1 Å². The van der Waals surface area contributed by atoms with E-state index in [1.165, 1.54) is 23.3 Å². The van der Waals surface area contributed by atoms with Crippen LogP contribution in [-0.2, 0) is 46.6 Å². The lowest BCUT2D eigenvalue weighted by atomic mass is 9.83. The quantitative estimate of drug-likeness (QED) is 0.0440. The lowest BCUT2D eigenvalue weighted by Gasteiger charge is -2.46. The number of rotatable bonds is 15. The minimum absolute atomic E-state index is 0.0315. The van der Waals surface area contributed by atoms with Gasteiger partial charge in [0.1, 0.15) is 25.3 Å². The number of alkyl carbamates (subject to hydrolysis) is 2. The Morgan fingerprint density at radius 3 is 1.74 bits per heavy atom. The second kappa shape index (κ2) is 26.9. The van der Waals surface area contributed by atoms with Gasteiger partial charge in [0.15, 0.2) is 0 Å². The van der Waals surface area contributed by atoms with Gasteiger partial charge in [-0.15, -0.1) is 0 Å². The van der Waals surface area contributed by atoms with E-state index in [0.717, 1.165) is 16.0 Å². The minimum atomic E-state index is -0.954. The van der Waals surface area contributed by atoms with Crippen molar-refractivity contribution in [2.24, 2.45) is 34.0 Å². The normalized spacial score (nSPS) is 18.2. The summed E-state index contributed by atoms with van der Waals surface area (Å²) in [4.78, 5) is 104. The summed E-state index contributed by atoms with van der Waals surface area (Å²) in [7, 11) is 1.29. The summed E-state index contributed by atoms with van der Waals surface area (Å²) >= 11 is 0. The first kappa shape index (κ1) is 52.0. The molecule has 2 aromatic carbocycles. The molecule has 22 nitrogen and oxygen atoms in total. The van der Waals surface area contributed by atoms with E-state index >= 15 is 0 Å². The minimum Gasteiger partial charge on any atom is -0.453 e. The lowest BCUT2D eigenvalue weighted by molar-refractivity contribution is -0.157. The van der Waals surface area contributed by atoms with Gasteiger partial charge < -0.3 is 51.8 Å². The maximum absolute atomic E-state index is 12.7. The summed E-state index contributed by atoms with van der Waals surface area (Å²) in [6.07, 6.45) is 0.917. The topological polar surface area (TPSA) is 313 Å². The Hall–Kier alpha value is -7.39. The van der Waals surface area contributed by atoms with Gasteiger partial charge in [-0.05, 0) is 36.8 Å². The molecule has 65 heavy (non-hydrogen) atoms. The molecule has 9 amide bonds. The second-order valence-corrected chi connectivity index (χ2v) is 14.9. The average molecular weight is 908 g/mol. The van der Waals surface area contributed by atoms with Crippen molar-refractivity contribution in [1.82, 2.24) is 36.0 Å². The van der Waals surface area contributed by atoms with Gasteiger partial charge in [0.2, 0.25) is 29.6 Å². The number of amides is 9. The molecule has 1 unspecified atom stereocenters. The number of piperazine rings is 1. The fourth-order valence-corrected chi connectivity index (χ4v) is 6.61. The molecule has 3 aliphatic heterocycles. The van der Waals surface area contributed by atoms with E-state index in [-0.39, 0.29) is 44.7 Å². The number of β-lactam (4-membered cyclic amide) rings is 2. The number of urea groups is 1. The van der Waals surface area contributed by atoms with Crippen molar-refractivity contribution in [3.05, 3.63) is 84.2 Å². The molecule has 4 atom stereocenters. The Balaban J connectivity index is 0.000000335. The van der Waals surface area contributed by atoms with Crippen molar-refractivity contribution in [3.8, 4) is 0 Å². The van der Waals surface area contributed by atoms with Crippen LogP contribution in [0, 0.1) is 11.8 Å². The third kappa shape index (κ3) is 16.7. The highest BCUT2D eigenvalue weighted by atomic mass is 16.6. The third-order valence-electron chi connectivity index (χ3n) is 9.89. The molecule has 3 saturated heterocycles. The Kier molecular flexibility index (Phi) is 21.5. The highest BCUT2D eigenvalue weighted by Gasteiger charge is 2.54. The van der Waals surface area contributed by atoms with Gasteiger partial charge in [-0.2, -0.15) is 0 Å². The van der Waals surface area contributed by atoms with Crippen LogP contribution in [0.5, 0.6) is 0 Å². The van der Waals surface area contributed by atoms with Crippen LogP contribution >= 0.6 is 0 Å². The number of primary amides is 2. The number of imide groups is 1. The van der Waals surface area contributed by atoms with Crippen molar-refractivity contribution >= 4 is 53.9 Å². The summed E-state index contributed by atoms with van der Waals surface area (Å²) in [5, 5.41) is 10.1. The largest absolute Gasteiger partial charge is 0.453 e. The zero-order valence-corrected chi connectivity index (χ0v) is 37.0. The molecule has 354 valence electrons. The molecule has 3 heterocycles. The van der Waals surface area contributed by atoms with Crippen LogP contribution in [-0.4, -0.2) is 127 Å². The van der Waals surface area contributed by atoms with Gasteiger partial charge >= 0.3 is 24.3 Å². The number of ether oxygens (including phenoxy) is 3. The number of aliphatic imine (C=N–C) groups is 1. The molecule has 2 aromatic rings. The van der Waals surface area contributed by atoms with Gasteiger partial charge in [-0.25, -0.2) is 19.2 Å². The van der Waals surface area contributed by atoms with Crippen molar-refractivity contribution in [1.29, 1.82) is 0 Å². The number of guanidine groups is 1. The fourth-order valence-electron chi connectivity index (χ4n) is 6.61. The Morgan fingerprint density at radius 1 is 0.769 bits per heavy atom. The number of carbonyl (C=O) groups excluding carboxylic acids is 8. The molecule has 22 heteroatoms. The van der Waals surface area contributed by atoms with E-state index in [1.54, 1.807) is 24.3 Å². The summed E-state index contributed by atoms with van der Waals surface area (Å²) in [5.41, 5.74) is 17.7. The van der Waals surface area contributed by atoms with Crippen LogP contribution in [0.3, 0.4) is 0 Å². The van der Waals surface area contributed by atoms with Gasteiger partial charge in [-0.1, -0.05) is 87.5 Å². The smallest absolute Gasteiger partial charge is 0.414 e. The lowest BCUT2D eigenvalue weighted by Crippen LogP contribution is -2.70. The van der Waals surface area contributed by atoms with Crippen LogP contribution in [0.4, 0.5) is 19.2 Å². The highest BCUT2D eigenvalue weighted by molar-refractivity contribution is 6.08. The summed E-state index contributed by atoms with van der Waals surface area (Å²) in [5.74, 6) is -2.93. The fraction of sp³-hybridized carbons (Fsp3) is 0.465. The Morgan fingerprint density at radius 2 is 1.28 bits per heavy atom. The van der Waals surface area contributed by atoms with Crippen LogP contribution in [0.2, 0.25) is 0 Å². The first-order valence-electron chi connectivity index (χ1n) is 21.1. The first-order chi connectivity index (χ1) is 31.1. The van der Waals surface area contributed by atoms with Crippen molar-refractivity contribution in [2.75, 3.05) is 46.4 Å². The number of hydrogen-bond donors (Lipinski definition) is 7. The van der Waals surface area contributed by atoms with Gasteiger partial charge in [0.05, 0.1) is 24.8 Å². The van der Waals surface area contributed by atoms with Crippen molar-refractivity contribution in [2.45, 2.75) is 71.2 Å². The Labute approximate surface area is 377 Å². The Bertz CT molecular complexity index is 1920. The number of hydrogen-bond acceptors (Lipinski definition) is 14. The molecule has 3 aliphatic rings. The number of carbonyl (C=O) groups is 8. The average Bonchev–Trinajstić information content (AvgIpc) is 3.28. The van der Waals surface area contributed by atoms with E-state index in [9.17, 15) is 38.4 Å². The zero-order valence-electron chi connectivity index (χ0n) is 37.0. The van der Waals surface area contributed by atoms with Crippen LogP contribution < -0.4 is 38.5 Å². The highest BCUT2D eigenvalue weighted by Crippen LogP contribution is 2.32. The van der Waals surface area contributed by atoms with E-state index < -0.39 is 66.0 Å². The van der Waals surface area contributed by atoms with E-state index in [2.05, 4.69) is 51.4 Å². The summed E-state index contributed by atoms with van der Waals surface area (Å²) in [6, 6.07) is 16.0. The molecule has 5 rings (SSSR count). The maximum Gasteiger partial charge on any atom is 0.414 e. The summed E-state index contributed by atoms with van der Waals surface area (Å²) in [6.45, 7) is 9.56. The van der Waals surface area contributed by atoms with Gasteiger partial charge in [-0.3, -0.25) is 39.7 Å². The molecular formula is C43H61N11O11. The molecule has 0 aliphatic carbocycles. The van der Waals surface area contributed by atoms with Gasteiger partial charge in [0, 0.05) is 39.3 Å². The maximum atomic E-state index is 12.7. The molecule has 0 spiro atoms. The number of benzene rings is 2. The zero-order chi connectivity index (χ0) is 47.9. The molecule has 0 aromatic heterocycles. The summed E-state index contributed by atoms with van der Waals surface area (Å²) < 4.78 is 15.0. The van der Waals surface area contributed by atoms with E-state index in [4.69, 9.17) is 26.7 Å². The molecular weight excluding hydrogens is 847 g/mol. The number of nitrogens with two attached hydrogens (primary N) is 3. The first-order valence-corrected chi connectivity index (χ1v) is 21.1. The van der Waals surface area contributed by atoms with E-state index in [0.29, 0.717) is 51.1 Å². The monoisotopic (exact) mass is 907 g/mol. The number of likely N-dealkylation sites (tertiary alicyclic amines) is 1. The predicted molar refractivity (Wildman–Crippen MR) is 236 cm³/mol. The number of nitrogens with one attached hydrogen (secondary N) is 4. The number of nitrogens with zero attached hydrogens (tertiary/aromatic N) is 4. The standard InChI is InChI=1S/C24H27N5O6.C16H26N6O5.C3H8/c25-20(30)19-18(21(31)27-19)12-7-13-26-22(28-23(32)34-14-16-8-3-1-4-9-16)29-24(33)35-15-17-10-5-2-6-11-17;1-10(17)19-5-3-4-11-12(13(18)23)22(14(11)24)15(25)20-6-8-21(9-7-20)16(26)27-2;1-3-2/h1-6,8-11,18-19H,7,12-15H2,(H2,25,30)(H,27,31)(H2,26,28,29,32,33);11-12,19H,1,3-9,17H2,2H3,(H2,18,23);3H2,1-2H3/t18-,19+;11-,12?;/m11./s1. The third-order valence-corrected chi connectivity index (χ3v) is 9.89. The molecule has 3 fully saturated rings. The molecule has 10 N–H and O–H groups in total. The van der Waals surface area contributed by atoms with E-state index in [1.807, 2.05) is 36.4 Å². The molecule has 0 saturated carbocycles. The molecule has 0 bridgehead atoms. The SMILES string of the molecule is C=C(N)NCCC[C@H]1C(=O)N(C(=O)N2CCN(C(=O)OC)CC2)C1C(N)=O.CCC.NC(=O)[C@H]1NC(=O)[C@@H]1CCCN=C(NC(=O)OCc1ccccc1)NC(=O)OCc1ccccc1. The van der Waals surface area contributed by atoms with Gasteiger partial charge in [0.25, 0.3) is 0 Å². The number of methoxy groups -OCH3 is 1. The van der Waals surface area contributed by atoms with Crippen molar-refractivity contribution < 1.29 is 52.6 Å². The van der Waals surface area contributed by atoms with Crippen molar-refractivity contribution in [3.63, 3.8) is 0 Å². The molecule has 0 radical (unpaired) electrons. The second-order valence-electron chi connectivity index (χ2n) is 14.9.